The Bertz CT molecular complexity index is 1110. The molecule has 142 valence electrons. The summed E-state index contributed by atoms with van der Waals surface area (Å²) >= 11 is 5.59. The molecule has 0 bridgehead atoms. The van der Waals surface area contributed by atoms with Crippen LogP contribution in [0.2, 0.25) is 0 Å². The second-order valence-electron chi connectivity index (χ2n) is 6.71. The van der Waals surface area contributed by atoms with Gasteiger partial charge in [-0.05, 0) is 49.9 Å². The van der Waals surface area contributed by atoms with Crippen molar-refractivity contribution in [3.63, 3.8) is 0 Å². The molecule has 0 amide bonds. The summed E-state index contributed by atoms with van der Waals surface area (Å²) in [7, 11) is 1.64. The standard InChI is InChI=1S/C21H19N3O3S/c1-27-17-6-4-5-16(13-17)23-19-8-3-2-7-18(19)21(28)22-20(23)14-9-11-15(12-10-14)24(25)26/h4-6,9-13H,2-3,7-8H2,1H3. The van der Waals surface area contributed by atoms with Crippen LogP contribution >= 0.6 is 12.2 Å². The minimum absolute atomic E-state index is 0.0493. The van der Waals surface area contributed by atoms with Crippen LogP contribution in [0.25, 0.3) is 17.1 Å². The van der Waals surface area contributed by atoms with Crippen LogP contribution in [0, 0.1) is 14.8 Å². The number of nitrogens with zero attached hydrogens (tertiary/aromatic N) is 3. The molecule has 2 aromatic carbocycles. The molecule has 0 radical (unpaired) electrons. The van der Waals surface area contributed by atoms with Gasteiger partial charge in [-0.15, -0.1) is 0 Å². The van der Waals surface area contributed by atoms with E-state index in [9.17, 15) is 10.1 Å². The van der Waals surface area contributed by atoms with E-state index in [2.05, 4.69) is 4.57 Å². The van der Waals surface area contributed by atoms with Crippen LogP contribution in [-0.4, -0.2) is 21.6 Å². The number of nitro groups is 1. The molecule has 0 atom stereocenters. The van der Waals surface area contributed by atoms with E-state index in [0.29, 0.717) is 10.5 Å². The highest BCUT2D eigenvalue weighted by molar-refractivity contribution is 7.71. The molecule has 0 saturated carbocycles. The van der Waals surface area contributed by atoms with Crippen molar-refractivity contribution in [2.45, 2.75) is 25.7 Å². The van der Waals surface area contributed by atoms with Crippen molar-refractivity contribution in [2.24, 2.45) is 0 Å². The van der Waals surface area contributed by atoms with Crippen molar-refractivity contribution in [3.8, 4) is 22.8 Å². The van der Waals surface area contributed by atoms with E-state index < -0.39 is 4.92 Å². The summed E-state index contributed by atoms with van der Waals surface area (Å²) in [4.78, 5) is 15.3. The zero-order chi connectivity index (χ0) is 19.7. The number of non-ortho nitro benzene ring substituents is 1. The fourth-order valence-corrected chi connectivity index (χ4v) is 3.97. The summed E-state index contributed by atoms with van der Waals surface area (Å²) < 4.78 is 8.13. The smallest absolute Gasteiger partial charge is 0.269 e. The van der Waals surface area contributed by atoms with Crippen molar-refractivity contribution in [2.75, 3.05) is 7.11 Å². The SMILES string of the molecule is COc1cccc(-n2c(-c3ccc([N+](=O)[O-])cc3)nc(=S)c3c2CCCC3)c1. The maximum absolute atomic E-state index is 11.0. The van der Waals surface area contributed by atoms with Gasteiger partial charge >= 0.3 is 0 Å². The van der Waals surface area contributed by atoms with Gasteiger partial charge in [0.25, 0.3) is 5.69 Å². The normalized spacial score (nSPS) is 13.0. The average Bonchev–Trinajstić information content (AvgIpc) is 2.74. The van der Waals surface area contributed by atoms with Gasteiger partial charge in [0.15, 0.2) is 0 Å². The Balaban J connectivity index is 1.98. The first kappa shape index (κ1) is 18.3. The van der Waals surface area contributed by atoms with Crippen molar-refractivity contribution in [3.05, 3.63) is 74.5 Å². The Morgan fingerprint density at radius 3 is 2.61 bits per heavy atom. The summed E-state index contributed by atoms with van der Waals surface area (Å²) in [5, 5.41) is 11.0. The number of fused-ring (bicyclic) bond motifs is 1. The van der Waals surface area contributed by atoms with E-state index in [1.165, 1.54) is 12.1 Å². The highest BCUT2D eigenvalue weighted by Crippen LogP contribution is 2.32. The fraction of sp³-hybridized carbons (Fsp3) is 0.238. The molecule has 7 heteroatoms. The fourth-order valence-electron chi connectivity index (χ4n) is 3.66. The Morgan fingerprint density at radius 2 is 1.89 bits per heavy atom. The van der Waals surface area contributed by atoms with E-state index in [1.54, 1.807) is 19.2 Å². The Labute approximate surface area is 167 Å². The Hall–Kier alpha value is -3.06. The molecule has 1 heterocycles. The lowest BCUT2D eigenvalue weighted by molar-refractivity contribution is -0.384. The largest absolute Gasteiger partial charge is 0.497 e. The third-order valence-electron chi connectivity index (χ3n) is 5.03. The van der Waals surface area contributed by atoms with Crippen molar-refractivity contribution in [1.82, 2.24) is 9.55 Å². The predicted molar refractivity (Wildman–Crippen MR) is 110 cm³/mol. The zero-order valence-electron chi connectivity index (χ0n) is 15.4. The molecule has 0 N–H and O–H groups in total. The molecule has 1 aromatic heterocycles. The lowest BCUT2D eigenvalue weighted by atomic mass is 9.96. The van der Waals surface area contributed by atoms with Gasteiger partial charge in [-0.1, -0.05) is 18.3 Å². The second kappa shape index (κ2) is 7.52. The number of nitro benzene ring substituents is 1. The van der Waals surface area contributed by atoms with Crippen molar-refractivity contribution >= 4 is 17.9 Å². The van der Waals surface area contributed by atoms with Crippen LogP contribution in [0.1, 0.15) is 24.1 Å². The van der Waals surface area contributed by atoms with E-state index in [0.717, 1.165) is 53.9 Å². The molecule has 28 heavy (non-hydrogen) atoms. The molecule has 0 aliphatic heterocycles. The summed E-state index contributed by atoms with van der Waals surface area (Å²) in [6.07, 6.45) is 4.03. The summed E-state index contributed by atoms with van der Waals surface area (Å²) in [6, 6.07) is 14.3. The minimum Gasteiger partial charge on any atom is -0.497 e. The molecule has 6 nitrogen and oxygen atoms in total. The molecule has 0 fully saturated rings. The van der Waals surface area contributed by atoms with Crippen LogP contribution in [0.15, 0.2) is 48.5 Å². The Morgan fingerprint density at radius 1 is 1.14 bits per heavy atom. The number of hydrogen-bond donors (Lipinski definition) is 0. The maximum Gasteiger partial charge on any atom is 0.269 e. The lowest BCUT2D eigenvalue weighted by Gasteiger charge is -2.24. The minimum atomic E-state index is -0.404. The number of benzene rings is 2. The number of ether oxygens (including phenoxy) is 1. The quantitative estimate of drug-likeness (QED) is 0.352. The molecule has 1 aliphatic rings. The van der Waals surface area contributed by atoms with Crippen LogP contribution in [-0.2, 0) is 12.8 Å². The Kier molecular flexibility index (Phi) is 4.92. The molecular weight excluding hydrogens is 374 g/mol. The molecule has 0 unspecified atom stereocenters. The number of methoxy groups -OCH3 is 1. The van der Waals surface area contributed by atoms with Crippen LogP contribution in [0.4, 0.5) is 5.69 Å². The second-order valence-corrected chi connectivity index (χ2v) is 7.10. The first-order valence-corrected chi connectivity index (χ1v) is 9.53. The van der Waals surface area contributed by atoms with Crippen LogP contribution in [0.5, 0.6) is 5.75 Å². The monoisotopic (exact) mass is 393 g/mol. The highest BCUT2D eigenvalue weighted by Gasteiger charge is 2.21. The van der Waals surface area contributed by atoms with Crippen LogP contribution in [0.3, 0.4) is 0 Å². The lowest BCUT2D eigenvalue weighted by Crippen LogP contribution is -2.17. The van der Waals surface area contributed by atoms with Gasteiger partial charge in [0, 0.05) is 35.0 Å². The number of rotatable bonds is 4. The zero-order valence-corrected chi connectivity index (χ0v) is 16.2. The van der Waals surface area contributed by atoms with Gasteiger partial charge in [-0.25, -0.2) is 4.98 Å². The molecule has 4 rings (SSSR count). The topological polar surface area (TPSA) is 70.2 Å². The van der Waals surface area contributed by atoms with Gasteiger partial charge in [0.2, 0.25) is 0 Å². The number of aromatic nitrogens is 2. The summed E-state index contributed by atoms with van der Waals surface area (Å²) in [6.45, 7) is 0. The number of hydrogen-bond acceptors (Lipinski definition) is 5. The van der Waals surface area contributed by atoms with Crippen molar-refractivity contribution < 1.29 is 9.66 Å². The van der Waals surface area contributed by atoms with E-state index in [-0.39, 0.29) is 5.69 Å². The van der Waals surface area contributed by atoms with E-state index >= 15 is 0 Å². The van der Waals surface area contributed by atoms with Crippen LogP contribution < -0.4 is 4.74 Å². The van der Waals surface area contributed by atoms with Crippen molar-refractivity contribution in [1.29, 1.82) is 0 Å². The third-order valence-corrected chi connectivity index (χ3v) is 5.37. The highest BCUT2D eigenvalue weighted by atomic mass is 32.1. The van der Waals surface area contributed by atoms with Gasteiger partial charge in [-0.3, -0.25) is 14.7 Å². The molecule has 3 aromatic rings. The van der Waals surface area contributed by atoms with Gasteiger partial charge < -0.3 is 4.74 Å². The van der Waals surface area contributed by atoms with Gasteiger partial charge in [-0.2, -0.15) is 0 Å². The molecule has 0 saturated heterocycles. The predicted octanol–water partition coefficient (Wildman–Crippen LogP) is 5.06. The molecule has 1 aliphatic carbocycles. The third kappa shape index (κ3) is 3.29. The van der Waals surface area contributed by atoms with E-state index in [1.807, 2.05) is 24.3 Å². The van der Waals surface area contributed by atoms with E-state index in [4.69, 9.17) is 21.9 Å². The van der Waals surface area contributed by atoms with Gasteiger partial charge in [0.1, 0.15) is 16.2 Å². The summed E-state index contributed by atoms with van der Waals surface area (Å²) in [5.41, 5.74) is 4.05. The summed E-state index contributed by atoms with van der Waals surface area (Å²) in [5.74, 6) is 1.44. The first-order chi connectivity index (χ1) is 13.6. The maximum atomic E-state index is 11.0. The molecule has 0 spiro atoms. The molecular formula is C21H19N3O3S. The van der Waals surface area contributed by atoms with Gasteiger partial charge in [0.05, 0.1) is 17.7 Å². The first-order valence-electron chi connectivity index (χ1n) is 9.12. The average molecular weight is 393 g/mol.